The number of carbonyl (C=O) groups excluding carboxylic acids is 1. The molecule has 1 amide bonds. The number of aromatic nitrogens is 1. The summed E-state index contributed by atoms with van der Waals surface area (Å²) in [7, 11) is 1.75. The van der Waals surface area contributed by atoms with Crippen LogP contribution in [-0.2, 0) is 6.54 Å². The summed E-state index contributed by atoms with van der Waals surface area (Å²) in [5, 5.41) is 0. The molecule has 6 heteroatoms. The van der Waals surface area contributed by atoms with E-state index in [-0.39, 0.29) is 17.1 Å². The Morgan fingerprint density at radius 1 is 1.40 bits per heavy atom. The molecule has 1 aromatic carbocycles. The lowest BCUT2D eigenvalue weighted by molar-refractivity contribution is 0.100. The van der Waals surface area contributed by atoms with E-state index in [0.29, 0.717) is 17.9 Å². The van der Waals surface area contributed by atoms with Crippen molar-refractivity contribution < 1.29 is 9.18 Å². The third kappa shape index (κ3) is 2.85. The summed E-state index contributed by atoms with van der Waals surface area (Å²) < 4.78 is 13.6. The lowest BCUT2D eigenvalue weighted by atomic mass is 10.2. The Bertz CT molecular complexity index is 645. The summed E-state index contributed by atoms with van der Waals surface area (Å²) in [4.78, 5) is 17.1. The second-order valence-corrected chi connectivity index (χ2v) is 4.44. The maximum absolute atomic E-state index is 13.6. The van der Waals surface area contributed by atoms with Gasteiger partial charge in [0.2, 0.25) is 0 Å². The highest BCUT2D eigenvalue weighted by Gasteiger charge is 2.12. The summed E-state index contributed by atoms with van der Waals surface area (Å²) in [6, 6.07) is 7.98. The Hall–Kier alpha value is -2.63. The number of nitrogens with zero attached hydrogens (tertiary/aromatic N) is 2. The summed E-state index contributed by atoms with van der Waals surface area (Å²) in [5.41, 5.74) is 11.8. The lowest BCUT2D eigenvalue weighted by Gasteiger charge is -2.19. The van der Waals surface area contributed by atoms with Crippen LogP contribution in [0.2, 0.25) is 0 Å². The normalized spacial score (nSPS) is 10.3. The molecule has 0 aliphatic rings. The third-order valence-corrected chi connectivity index (χ3v) is 2.94. The minimum Gasteiger partial charge on any atom is -0.397 e. The zero-order chi connectivity index (χ0) is 14.7. The minimum absolute atomic E-state index is 0.204. The molecule has 0 spiro atoms. The zero-order valence-corrected chi connectivity index (χ0v) is 11.0. The van der Waals surface area contributed by atoms with Crippen LogP contribution in [0.25, 0.3) is 0 Å². The molecule has 0 aliphatic carbocycles. The molecule has 1 heterocycles. The van der Waals surface area contributed by atoms with Crippen molar-refractivity contribution in [2.75, 3.05) is 17.7 Å². The van der Waals surface area contributed by atoms with Crippen LogP contribution < -0.4 is 16.4 Å². The number of nitrogen functional groups attached to an aromatic ring is 1. The number of carbonyl (C=O) groups is 1. The predicted octanol–water partition coefficient (Wildman–Crippen LogP) is 1.54. The van der Waals surface area contributed by atoms with Crippen molar-refractivity contribution in [3.8, 4) is 0 Å². The van der Waals surface area contributed by atoms with Gasteiger partial charge in [0.15, 0.2) is 0 Å². The SMILES string of the molecule is CN(Cc1ccccc1F)c1cc(C(N)=O)c(N)cn1. The fraction of sp³-hybridized carbons (Fsp3) is 0.143. The van der Waals surface area contributed by atoms with E-state index in [1.807, 2.05) is 0 Å². The number of amides is 1. The Labute approximate surface area is 116 Å². The van der Waals surface area contributed by atoms with Crippen LogP contribution in [0, 0.1) is 5.82 Å². The first kappa shape index (κ1) is 13.8. The van der Waals surface area contributed by atoms with Gasteiger partial charge in [0.25, 0.3) is 5.91 Å². The molecule has 0 saturated heterocycles. The number of halogens is 1. The Kier molecular flexibility index (Phi) is 3.84. The van der Waals surface area contributed by atoms with Crippen LogP contribution in [0.15, 0.2) is 36.5 Å². The molecule has 0 fully saturated rings. The highest BCUT2D eigenvalue weighted by Crippen LogP contribution is 2.19. The van der Waals surface area contributed by atoms with Gasteiger partial charge in [0.05, 0.1) is 17.4 Å². The molecule has 4 N–H and O–H groups in total. The first-order valence-corrected chi connectivity index (χ1v) is 5.99. The van der Waals surface area contributed by atoms with Crippen molar-refractivity contribution in [1.82, 2.24) is 4.98 Å². The molecule has 0 saturated carbocycles. The van der Waals surface area contributed by atoms with E-state index < -0.39 is 5.91 Å². The maximum atomic E-state index is 13.6. The molecule has 0 radical (unpaired) electrons. The van der Waals surface area contributed by atoms with Crippen molar-refractivity contribution >= 4 is 17.4 Å². The number of hydrogen-bond donors (Lipinski definition) is 2. The van der Waals surface area contributed by atoms with Gasteiger partial charge in [-0.15, -0.1) is 0 Å². The van der Waals surface area contributed by atoms with E-state index in [9.17, 15) is 9.18 Å². The zero-order valence-electron chi connectivity index (χ0n) is 11.0. The highest BCUT2D eigenvalue weighted by atomic mass is 19.1. The number of nitrogens with two attached hydrogens (primary N) is 2. The average molecular weight is 274 g/mol. The first-order chi connectivity index (χ1) is 9.49. The van der Waals surface area contributed by atoms with Crippen LogP contribution in [0.3, 0.4) is 0 Å². The van der Waals surface area contributed by atoms with E-state index in [0.717, 1.165) is 0 Å². The molecule has 104 valence electrons. The molecule has 5 nitrogen and oxygen atoms in total. The molecular formula is C14H15FN4O. The molecule has 0 unspecified atom stereocenters. The van der Waals surface area contributed by atoms with Gasteiger partial charge in [-0.2, -0.15) is 0 Å². The Morgan fingerprint density at radius 2 is 2.10 bits per heavy atom. The average Bonchev–Trinajstić information content (AvgIpc) is 2.41. The van der Waals surface area contributed by atoms with Gasteiger partial charge >= 0.3 is 0 Å². The molecule has 20 heavy (non-hydrogen) atoms. The Balaban J connectivity index is 2.26. The molecule has 0 atom stereocenters. The quantitative estimate of drug-likeness (QED) is 0.885. The molecule has 2 aromatic rings. The van der Waals surface area contributed by atoms with Crippen molar-refractivity contribution in [2.24, 2.45) is 5.73 Å². The number of rotatable bonds is 4. The van der Waals surface area contributed by atoms with E-state index >= 15 is 0 Å². The minimum atomic E-state index is -0.620. The van der Waals surface area contributed by atoms with Crippen molar-refractivity contribution in [3.05, 3.63) is 53.5 Å². The van der Waals surface area contributed by atoms with Crippen molar-refractivity contribution in [2.45, 2.75) is 6.54 Å². The van der Waals surface area contributed by atoms with Gasteiger partial charge in [0.1, 0.15) is 11.6 Å². The molecule has 0 aliphatic heterocycles. The molecule has 2 rings (SSSR count). The molecule has 0 bridgehead atoms. The van der Waals surface area contributed by atoms with Crippen LogP contribution in [-0.4, -0.2) is 17.9 Å². The van der Waals surface area contributed by atoms with Crippen LogP contribution in [0.1, 0.15) is 15.9 Å². The number of anilines is 2. The second kappa shape index (κ2) is 5.56. The van der Waals surface area contributed by atoms with E-state index in [1.165, 1.54) is 18.3 Å². The number of hydrogen-bond acceptors (Lipinski definition) is 4. The highest BCUT2D eigenvalue weighted by molar-refractivity contribution is 5.98. The summed E-state index contributed by atoms with van der Waals surface area (Å²) >= 11 is 0. The van der Waals surface area contributed by atoms with Crippen LogP contribution in [0.4, 0.5) is 15.9 Å². The van der Waals surface area contributed by atoms with E-state index in [4.69, 9.17) is 11.5 Å². The van der Waals surface area contributed by atoms with Gasteiger partial charge in [-0.25, -0.2) is 9.37 Å². The number of primary amides is 1. The summed E-state index contributed by atoms with van der Waals surface area (Å²) in [6.07, 6.45) is 1.37. The van der Waals surface area contributed by atoms with Gasteiger partial charge in [0, 0.05) is 19.2 Å². The van der Waals surface area contributed by atoms with Crippen LogP contribution >= 0.6 is 0 Å². The van der Waals surface area contributed by atoms with Gasteiger partial charge < -0.3 is 16.4 Å². The Morgan fingerprint density at radius 3 is 2.75 bits per heavy atom. The van der Waals surface area contributed by atoms with Gasteiger partial charge in [-0.3, -0.25) is 4.79 Å². The summed E-state index contributed by atoms with van der Waals surface area (Å²) in [5.74, 6) is -0.411. The smallest absolute Gasteiger partial charge is 0.250 e. The molecular weight excluding hydrogens is 259 g/mol. The lowest BCUT2D eigenvalue weighted by Crippen LogP contribution is -2.20. The third-order valence-electron chi connectivity index (χ3n) is 2.94. The van der Waals surface area contributed by atoms with E-state index in [1.54, 1.807) is 30.1 Å². The van der Waals surface area contributed by atoms with Crippen molar-refractivity contribution in [3.63, 3.8) is 0 Å². The van der Waals surface area contributed by atoms with Crippen LogP contribution in [0.5, 0.6) is 0 Å². The summed E-state index contributed by atoms with van der Waals surface area (Å²) in [6.45, 7) is 0.321. The predicted molar refractivity (Wildman–Crippen MR) is 75.7 cm³/mol. The fourth-order valence-electron chi connectivity index (χ4n) is 1.84. The monoisotopic (exact) mass is 274 g/mol. The standard InChI is InChI=1S/C14H15FN4O/c1-19(8-9-4-2-3-5-11(9)15)13-6-10(14(17)20)12(16)7-18-13/h2-7H,8,16H2,1H3,(H2,17,20). The largest absolute Gasteiger partial charge is 0.397 e. The molecule has 1 aromatic heterocycles. The second-order valence-electron chi connectivity index (χ2n) is 4.44. The topological polar surface area (TPSA) is 85.2 Å². The fourth-order valence-corrected chi connectivity index (χ4v) is 1.84. The van der Waals surface area contributed by atoms with Crippen molar-refractivity contribution in [1.29, 1.82) is 0 Å². The van der Waals surface area contributed by atoms with Gasteiger partial charge in [-0.1, -0.05) is 18.2 Å². The maximum Gasteiger partial charge on any atom is 0.250 e. The van der Waals surface area contributed by atoms with E-state index in [2.05, 4.69) is 4.98 Å². The van der Waals surface area contributed by atoms with Gasteiger partial charge in [-0.05, 0) is 12.1 Å². The number of benzene rings is 1. The first-order valence-electron chi connectivity index (χ1n) is 5.99. The number of pyridine rings is 1.